The average molecular weight is 329 g/mol. The molecule has 0 aliphatic rings. The van der Waals surface area contributed by atoms with Crippen LogP contribution in [-0.4, -0.2) is 8.80 Å². The zero-order valence-electron chi connectivity index (χ0n) is 15.3. The molecule has 1 aromatic carbocycles. The summed E-state index contributed by atoms with van der Waals surface area (Å²) < 4.78 is 0. The Balaban J connectivity index is 2.46. The molecule has 0 saturated carbocycles. The van der Waals surface area contributed by atoms with Crippen LogP contribution in [0, 0.1) is 0 Å². The van der Waals surface area contributed by atoms with Crippen LogP contribution < -0.4 is 5.19 Å². The predicted molar refractivity (Wildman–Crippen MR) is 109 cm³/mol. The molecule has 0 atom stereocenters. The van der Waals surface area contributed by atoms with Crippen molar-refractivity contribution in [3.8, 4) is 0 Å². The van der Waals surface area contributed by atoms with Crippen molar-refractivity contribution in [2.45, 2.75) is 78.1 Å². The minimum Gasteiger partial charge on any atom is -0.0933 e. The number of benzene rings is 1. The molecule has 1 heteroatoms. The van der Waals surface area contributed by atoms with E-state index in [0.29, 0.717) is 0 Å². The largest absolute Gasteiger partial charge is 0.117 e. The van der Waals surface area contributed by atoms with Crippen LogP contribution >= 0.6 is 0 Å². The van der Waals surface area contributed by atoms with Gasteiger partial charge in [-0.3, -0.25) is 0 Å². The molecule has 0 spiro atoms. The fraction of sp³-hybridized carbons (Fsp3) is 0.545. The average Bonchev–Trinajstić information content (AvgIpc) is 2.60. The molecule has 1 aromatic rings. The van der Waals surface area contributed by atoms with Gasteiger partial charge in [0.1, 0.15) is 8.80 Å². The van der Waals surface area contributed by atoms with E-state index in [9.17, 15) is 0 Å². The molecular formula is C22H36Si. The van der Waals surface area contributed by atoms with E-state index in [-0.39, 0.29) is 0 Å². The van der Waals surface area contributed by atoms with Crippen molar-refractivity contribution in [3.05, 3.63) is 53.9 Å². The highest BCUT2D eigenvalue weighted by molar-refractivity contribution is 6.82. The van der Waals surface area contributed by atoms with Crippen molar-refractivity contribution >= 4 is 14.0 Å². The first-order chi connectivity index (χ1) is 11.4. The third-order valence-corrected chi connectivity index (χ3v) is 6.85. The molecule has 0 fully saturated rings. The molecule has 128 valence electrons. The summed E-state index contributed by atoms with van der Waals surface area (Å²) in [6.07, 6.45) is 18.3. The summed E-state index contributed by atoms with van der Waals surface area (Å²) >= 11 is 0. The molecule has 0 amide bonds. The van der Waals surface area contributed by atoms with Gasteiger partial charge in [-0.05, 0) is 25.7 Å². The Hall–Kier alpha value is -1.08. The summed E-state index contributed by atoms with van der Waals surface area (Å²) in [5.74, 6) is 0. The first-order valence-electron chi connectivity index (χ1n) is 9.76. The molecule has 23 heavy (non-hydrogen) atoms. The molecule has 0 aromatic heterocycles. The molecule has 0 nitrogen and oxygen atoms in total. The molecule has 1 rings (SSSR count). The number of allylic oxidation sites excluding steroid dienone is 2. The Morgan fingerprint density at radius 1 is 0.696 bits per heavy atom. The Morgan fingerprint density at radius 3 is 1.70 bits per heavy atom. The fourth-order valence-corrected chi connectivity index (χ4v) is 5.04. The van der Waals surface area contributed by atoms with Crippen molar-refractivity contribution in [3.63, 3.8) is 0 Å². The van der Waals surface area contributed by atoms with Crippen LogP contribution in [-0.2, 0) is 0 Å². The quantitative estimate of drug-likeness (QED) is 0.296. The molecule has 0 radical (unpaired) electrons. The Labute approximate surface area is 146 Å². The van der Waals surface area contributed by atoms with Crippen molar-refractivity contribution in [2.75, 3.05) is 0 Å². The van der Waals surface area contributed by atoms with Gasteiger partial charge < -0.3 is 0 Å². The lowest BCUT2D eigenvalue weighted by atomic mass is 10.2. The molecule has 0 N–H and O–H groups in total. The van der Waals surface area contributed by atoms with E-state index in [1.165, 1.54) is 64.2 Å². The van der Waals surface area contributed by atoms with Gasteiger partial charge in [0.2, 0.25) is 0 Å². The monoisotopic (exact) mass is 328 g/mol. The minimum absolute atomic E-state index is 1.07. The van der Waals surface area contributed by atoms with Gasteiger partial charge in [-0.2, -0.15) is 0 Å². The topological polar surface area (TPSA) is 0 Å². The van der Waals surface area contributed by atoms with Crippen LogP contribution in [0.15, 0.2) is 53.9 Å². The Bertz CT molecular complexity index is 397. The van der Waals surface area contributed by atoms with E-state index in [4.69, 9.17) is 0 Å². The molecule has 0 bridgehead atoms. The maximum absolute atomic E-state index is 2.53. The maximum Gasteiger partial charge on any atom is 0.117 e. The molecule has 0 heterocycles. The molecule has 0 aliphatic carbocycles. The molecule has 0 unspecified atom stereocenters. The van der Waals surface area contributed by atoms with E-state index in [2.05, 4.69) is 67.7 Å². The van der Waals surface area contributed by atoms with E-state index < -0.39 is 8.80 Å². The van der Waals surface area contributed by atoms with Crippen molar-refractivity contribution in [1.29, 1.82) is 0 Å². The summed E-state index contributed by atoms with van der Waals surface area (Å²) in [5, 5.41) is 1.54. The second-order valence-electron chi connectivity index (χ2n) is 6.49. The van der Waals surface area contributed by atoms with Gasteiger partial charge in [0.05, 0.1) is 0 Å². The third-order valence-electron chi connectivity index (χ3n) is 4.32. The summed E-state index contributed by atoms with van der Waals surface area (Å²) in [6.45, 7) is 4.55. The standard InChI is InChI=1S/C22H36Si/c1-3-5-7-9-11-16-20-23(22-18-14-13-15-19-22)21-17-12-10-8-6-4-2/h13-21,23H,3-12H2,1-2H3. The second-order valence-corrected chi connectivity index (χ2v) is 8.98. The summed E-state index contributed by atoms with van der Waals surface area (Å²) in [4.78, 5) is 0. The van der Waals surface area contributed by atoms with Crippen LogP contribution in [0.1, 0.15) is 78.1 Å². The lowest BCUT2D eigenvalue weighted by molar-refractivity contribution is 0.674. The molecule has 0 saturated heterocycles. The zero-order chi connectivity index (χ0) is 16.6. The number of rotatable bonds is 13. The predicted octanol–water partition coefficient (Wildman–Crippen LogP) is 6.25. The van der Waals surface area contributed by atoms with Crippen molar-refractivity contribution in [1.82, 2.24) is 0 Å². The van der Waals surface area contributed by atoms with Gasteiger partial charge in [-0.15, -0.1) is 0 Å². The van der Waals surface area contributed by atoms with Gasteiger partial charge in [0.25, 0.3) is 0 Å². The smallest absolute Gasteiger partial charge is 0.0933 e. The SMILES string of the molecule is CCCCCCC=C[SiH](C=CCCCCCC)c1ccccc1. The zero-order valence-corrected chi connectivity index (χ0v) is 16.5. The first kappa shape index (κ1) is 20.0. The second kappa shape index (κ2) is 14.5. The lowest BCUT2D eigenvalue weighted by Gasteiger charge is -2.07. The summed E-state index contributed by atoms with van der Waals surface area (Å²) in [6, 6.07) is 11.1. The highest BCUT2D eigenvalue weighted by Gasteiger charge is 2.04. The van der Waals surface area contributed by atoms with Gasteiger partial charge in [0.15, 0.2) is 0 Å². The van der Waals surface area contributed by atoms with E-state index in [1.54, 1.807) is 5.19 Å². The molecule has 0 aliphatic heterocycles. The van der Waals surface area contributed by atoms with Crippen LogP contribution in [0.3, 0.4) is 0 Å². The van der Waals surface area contributed by atoms with Crippen LogP contribution in [0.25, 0.3) is 0 Å². The highest BCUT2D eigenvalue weighted by atomic mass is 28.3. The van der Waals surface area contributed by atoms with Gasteiger partial charge in [-0.25, -0.2) is 0 Å². The number of unbranched alkanes of at least 4 members (excludes halogenated alkanes) is 8. The fourth-order valence-electron chi connectivity index (χ4n) is 2.83. The normalized spacial score (nSPS) is 13.1. The van der Waals surface area contributed by atoms with E-state index in [1.807, 2.05) is 0 Å². The lowest BCUT2D eigenvalue weighted by Crippen LogP contribution is -2.25. The van der Waals surface area contributed by atoms with Crippen LogP contribution in [0.2, 0.25) is 0 Å². The Morgan fingerprint density at radius 2 is 1.22 bits per heavy atom. The van der Waals surface area contributed by atoms with E-state index in [0.717, 1.165) is 0 Å². The molecular weight excluding hydrogens is 292 g/mol. The van der Waals surface area contributed by atoms with Gasteiger partial charge in [-0.1, -0.05) is 111 Å². The van der Waals surface area contributed by atoms with Crippen LogP contribution in [0.4, 0.5) is 0 Å². The number of hydrogen-bond donors (Lipinski definition) is 0. The first-order valence-corrected chi connectivity index (χ1v) is 11.7. The highest BCUT2D eigenvalue weighted by Crippen LogP contribution is 2.06. The summed E-state index contributed by atoms with van der Waals surface area (Å²) in [5.41, 5.74) is 5.06. The van der Waals surface area contributed by atoms with Gasteiger partial charge in [0, 0.05) is 0 Å². The van der Waals surface area contributed by atoms with Gasteiger partial charge >= 0.3 is 0 Å². The van der Waals surface area contributed by atoms with E-state index >= 15 is 0 Å². The summed E-state index contributed by atoms with van der Waals surface area (Å²) in [7, 11) is -1.07. The van der Waals surface area contributed by atoms with Crippen molar-refractivity contribution < 1.29 is 0 Å². The minimum atomic E-state index is -1.07. The van der Waals surface area contributed by atoms with Crippen molar-refractivity contribution in [2.24, 2.45) is 0 Å². The maximum atomic E-state index is 2.53. The number of hydrogen-bond acceptors (Lipinski definition) is 0. The Kier molecular flexibility index (Phi) is 12.6. The third kappa shape index (κ3) is 10.3. The van der Waals surface area contributed by atoms with Crippen LogP contribution in [0.5, 0.6) is 0 Å².